The van der Waals surface area contributed by atoms with E-state index >= 15 is 0 Å². The Morgan fingerprint density at radius 1 is 1.41 bits per heavy atom. The first-order valence-corrected chi connectivity index (χ1v) is 6.88. The number of rotatable bonds is 2. The van der Waals surface area contributed by atoms with Gasteiger partial charge in [0.25, 0.3) is 11.8 Å². The van der Waals surface area contributed by atoms with E-state index in [1.54, 1.807) is 0 Å². The molecule has 2 aliphatic heterocycles. The summed E-state index contributed by atoms with van der Waals surface area (Å²) < 4.78 is 33.5. The Morgan fingerprint density at radius 2 is 2.18 bits per heavy atom. The molecular weight excluding hydrogens is 300 g/mol. The molecule has 9 heteroatoms. The van der Waals surface area contributed by atoms with Gasteiger partial charge in [0, 0.05) is 32.2 Å². The number of nitrogens with one attached hydrogen (secondary N) is 1. The van der Waals surface area contributed by atoms with Gasteiger partial charge in [0.1, 0.15) is 5.69 Å². The molecule has 2 saturated heterocycles. The van der Waals surface area contributed by atoms with Gasteiger partial charge in [0.05, 0.1) is 12.0 Å². The molecule has 22 heavy (non-hydrogen) atoms. The number of carbonyl (C=O) groups excluding carboxylic acids is 1. The molecular formula is C13H15F2N3O4. The fourth-order valence-corrected chi connectivity index (χ4v) is 3.00. The summed E-state index contributed by atoms with van der Waals surface area (Å²) in [5.41, 5.74) is -1.66. The van der Waals surface area contributed by atoms with Gasteiger partial charge in [0.15, 0.2) is 5.69 Å². The van der Waals surface area contributed by atoms with Crippen molar-refractivity contribution in [3.05, 3.63) is 17.5 Å². The average molecular weight is 315 g/mol. The summed E-state index contributed by atoms with van der Waals surface area (Å²) in [5, 5.41) is 14.7. The third kappa shape index (κ3) is 2.25. The van der Waals surface area contributed by atoms with Crippen LogP contribution in [0.1, 0.15) is 33.8 Å². The number of aromatic carboxylic acids is 1. The Bertz CT molecular complexity index is 610. The van der Waals surface area contributed by atoms with Crippen LogP contribution in [0.25, 0.3) is 0 Å². The summed E-state index contributed by atoms with van der Waals surface area (Å²) >= 11 is 0. The number of alkyl halides is 2. The quantitative estimate of drug-likeness (QED) is 0.849. The molecule has 0 bridgehead atoms. The van der Waals surface area contributed by atoms with Gasteiger partial charge in [-0.2, -0.15) is 5.10 Å². The normalized spacial score (nSPS) is 27.3. The number of amides is 1. The molecule has 120 valence electrons. The van der Waals surface area contributed by atoms with Crippen molar-refractivity contribution >= 4 is 11.9 Å². The number of halogens is 2. The minimum absolute atomic E-state index is 0.0786. The number of carbonyl (C=O) groups is 2. The van der Waals surface area contributed by atoms with Gasteiger partial charge in [-0.25, -0.2) is 13.6 Å². The van der Waals surface area contributed by atoms with Crippen molar-refractivity contribution in [2.45, 2.75) is 18.8 Å². The summed E-state index contributed by atoms with van der Waals surface area (Å²) in [4.78, 5) is 24.4. The zero-order chi connectivity index (χ0) is 16.0. The number of ether oxygens (including phenoxy) is 1. The minimum atomic E-state index is -2.88. The molecule has 1 spiro atoms. The summed E-state index contributed by atoms with van der Waals surface area (Å²) in [7, 11) is 0. The molecule has 0 aliphatic carbocycles. The number of carboxylic acid groups (broad SMARTS) is 1. The Kier molecular flexibility index (Phi) is 3.39. The van der Waals surface area contributed by atoms with Gasteiger partial charge >= 0.3 is 5.97 Å². The summed E-state index contributed by atoms with van der Waals surface area (Å²) in [5.74, 6) is -4.67. The van der Waals surface area contributed by atoms with Crippen LogP contribution in [0.4, 0.5) is 8.78 Å². The van der Waals surface area contributed by atoms with Crippen LogP contribution >= 0.6 is 0 Å². The maximum atomic E-state index is 14.2. The maximum Gasteiger partial charge on any atom is 0.353 e. The topological polar surface area (TPSA) is 95.5 Å². The Morgan fingerprint density at radius 3 is 2.77 bits per heavy atom. The lowest BCUT2D eigenvalue weighted by atomic mass is 9.75. The van der Waals surface area contributed by atoms with Crippen molar-refractivity contribution in [1.29, 1.82) is 0 Å². The molecule has 1 unspecified atom stereocenters. The van der Waals surface area contributed by atoms with Crippen molar-refractivity contribution < 1.29 is 28.2 Å². The number of piperidine rings is 1. The first kappa shape index (κ1) is 14.9. The second-order valence-corrected chi connectivity index (χ2v) is 5.74. The standard InChI is InChI=1S/C13H15F2N3O4/c14-13(15)1-3-18(6-12(13)2-4-22-7-12)10(19)8-5-9(11(20)21)17-16-8/h5H,1-4,6-7H2,(H,16,17)(H,20,21). The number of aromatic amines is 1. The number of likely N-dealkylation sites (tertiary alicyclic amines) is 1. The third-order valence-electron chi connectivity index (χ3n) is 4.38. The van der Waals surface area contributed by atoms with E-state index in [4.69, 9.17) is 9.84 Å². The van der Waals surface area contributed by atoms with E-state index in [0.29, 0.717) is 0 Å². The predicted octanol–water partition coefficient (Wildman–Crippen LogP) is 0.996. The van der Waals surface area contributed by atoms with Crippen LogP contribution in [0, 0.1) is 5.41 Å². The summed E-state index contributed by atoms with van der Waals surface area (Å²) in [6.07, 6.45) is -0.233. The molecule has 2 fully saturated rings. The van der Waals surface area contributed by atoms with Crippen LogP contribution in [0.3, 0.4) is 0 Å². The van der Waals surface area contributed by atoms with Gasteiger partial charge in [0.2, 0.25) is 0 Å². The van der Waals surface area contributed by atoms with Gasteiger partial charge in [-0.05, 0) is 6.42 Å². The highest BCUT2D eigenvalue weighted by Crippen LogP contribution is 2.48. The molecule has 1 atom stereocenters. The largest absolute Gasteiger partial charge is 0.477 e. The van der Waals surface area contributed by atoms with Crippen LogP contribution in [-0.2, 0) is 4.74 Å². The molecule has 1 aromatic heterocycles. The van der Waals surface area contributed by atoms with Crippen molar-refractivity contribution in [2.24, 2.45) is 5.41 Å². The van der Waals surface area contributed by atoms with Crippen molar-refractivity contribution in [3.63, 3.8) is 0 Å². The van der Waals surface area contributed by atoms with Crippen molar-refractivity contribution in [3.8, 4) is 0 Å². The SMILES string of the molecule is O=C(O)c1cc(C(=O)N2CCC(F)(F)C3(CCOC3)C2)n[nH]1. The summed E-state index contributed by atoms with van der Waals surface area (Å²) in [6.45, 7) is -0.0369. The van der Waals surface area contributed by atoms with E-state index in [1.165, 1.54) is 4.90 Å². The molecule has 0 radical (unpaired) electrons. The first-order valence-electron chi connectivity index (χ1n) is 6.88. The second-order valence-electron chi connectivity index (χ2n) is 5.74. The zero-order valence-corrected chi connectivity index (χ0v) is 11.6. The van der Waals surface area contributed by atoms with E-state index < -0.39 is 29.6 Å². The average Bonchev–Trinajstić information content (AvgIpc) is 3.11. The molecule has 0 aromatic carbocycles. The molecule has 3 heterocycles. The predicted molar refractivity (Wildman–Crippen MR) is 68.9 cm³/mol. The highest BCUT2D eigenvalue weighted by Gasteiger charge is 2.59. The lowest BCUT2D eigenvalue weighted by molar-refractivity contribution is -0.159. The summed E-state index contributed by atoms with van der Waals surface area (Å²) in [6, 6.07) is 1.11. The van der Waals surface area contributed by atoms with Crippen LogP contribution < -0.4 is 0 Å². The Hall–Kier alpha value is -2.03. The first-order chi connectivity index (χ1) is 10.3. The fourth-order valence-electron chi connectivity index (χ4n) is 3.00. The van der Waals surface area contributed by atoms with Crippen molar-refractivity contribution in [1.82, 2.24) is 15.1 Å². The molecule has 1 amide bonds. The molecule has 2 aliphatic rings. The number of hydrogen-bond donors (Lipinski definition) is 2. The number of aromatic nitrogens is 2. The molecule has 2 N–H and O–H groups in total. The van der Waals surface area contributed by atoms with E-state index in [9.17, 15) is 18.4 Å². The van der Waals surface area contributed by atoms with Crippen LogP contribution in [0.2, 0.25) is 0 Å². The lowest BCUT2D eigenvalue weighted by Crippen LogP contribution is -2.57. The third-order valence-corrected chi connectivity index (χ3v) is 4.38. The number of hydrogen-bond acceptors (Lipinski definition) is 4. The van der Waals surface area contributed by atoms with Crippen LogP contribution in [-0.4, -0.2) is 64.3 Å². The van der Waals surface area contributed by atoms with Crippen LogP contribution in [0.15, 0.2) is 6.07 Å². The van der Waals surface area contributed by atoms with E-state index in [2.05, 4.69) is 10.2 Å². The Balaban J connectivity index is 1.80. The monoisotopic (exact) mass is 315 g/mol. The van der Waals surface area contributed by atoms with Crippen LogP contribution in [0.5, 0.6) is 0 Å². The van der Waals surface area contributed by atoms with E-state index in [-0.39, 0.29) is 44.1 Å². The number of nitrogens with zero attached hydrogens (tertiary/aromatic N) is 2. The molecule has 1 aromatic rings. The van der Waals surface area contributed by atoms with Gasteiger partial charge in [-0.3, -0.25) is 9.89 Å². The smallest absolute Gasteiger partial charge is 0.353 e. The van der Waals surface area contributed by atoms with E-state index in [0.717, 1.165) is 6.07 Å². The lowest BCUT2D eigenvalue weighted by Gasteiger charge is -2.44. The second kappa shape index (κ2) is 5.01. The fraction of sp³-hybridized carbons (Fsp3) is 0.615. The number of carboxylic acids is 1. The maximum absolute atomic E-state index is 14.2. The highest BCUT2D eigenvalue weighted by atomic mass is 19.3. The van der Waals surface area contributed by atoms with Gasteiger partial charge < -0.3 is 14.7 Å². The van der Waals surface area contributed by atoms with Gasteiger partial charge in [-0.1, -0.05) is 0 Å². The zero-order valence-electron chi connectivity index (χ0n) is 11.6. The van der Waals surface area contributed by atoms with Gasteiger partial charge in [-0.15, -0.1) is 0 Å². The van der Waals surface area contributed by atoms with Crippen molar-refractivity contribution in [2.75, 3.05) is 26.3 Å². The minimum Gasteiger partial charge on any atom is -0.477 e. The molecule has 3 rings (SSSR count). The Labute approximate surface area is 124 Å². The number of H-pyrrole nitrogens is 1. The molecule has 7 nitrogen and oxygen atoms in total. The van der Waals surface area contributed by atoms with E-state index in [1.807, 2.05) is 0 Å². The highest BCUT2D eigenvalue weighted by molar-refractivity contribution is 5.95. The molecule has 0 saturated carbocycles.